The Morgan fingerprint density at radius 1 is 0.931 bits per heavy atom. The van der Waals surface area contributed by atoms with Crippen LogP contribution in [0.2, 0.25) is 0 Å². The lowest BCUT2D eigenvalue weighted by Gasteiger charge is -2.32. The molecule has 29 heavy (non-hydrogen) atoms. The van der Waals surface area contributed by atoms with Crippen LogP contribution in [0.15, 0.2) is 36.4 Å². The van der Waals surface area contributed by atoms with Crippen LogP contribution in [0, 0.1) is 0 Å². The molecule has 0 bridgehead atoms. The highest BCUT2D eigenvalue weighted by atomic mass is 16.5. The van der Waals surface area contributed by atoms with Crippen molar-refractivity contribution >= 4 is 5.78 Å². The third kappa shape index (κ3) is 4.04. The van der Waals surface area contributed by atoms with Crippen molar-refractivity contribution in [3.63, 3.8) is 0 Å². The van der Waals surface area contributed by atoms with Crippen molar-refractivity contribution in [3.05, 3.63) is 47.5 Å². The highest BCUT2D eigenvalue weighted by Gasteiger charge is 2.32. The number of carbonyl (C=O) groups is 1. The summed E-state index contributed by atoms with van der Waals surface area (Å²) >= 11 is 0. The largest absolute Gasteiger partial charge is 0.493 e. The molecule has 0 amide bonds. The highest BCUT2D eigenvalue weighted by Crippen LogP contribution is 2.47. The van der Waals surface area contributed by atoms with E-state index < -0.39 is 0 Å². The molecule has 1 fully saturated rings. The van der Waals surface area contributed by atoms with Crippen molar-refractivity contribution in [1.29, 1.82) is 0 Å². The molecule has 0 aromatic heterocycles. The smallest absolute Gasteiger partial charge is 0.194 e. The lowest BCUT2D eigenvalue weighted by Crippen LogP contribution is -2.40. The fraction of sp³-hybridized carbons (Fsp3) is 0.480. The highest BCUT2D eigenvalue weighted by molar-refractivity contribution is 6.23. The zero-order chi connectivity index (χ0) is 20.2. The number of ether oxygens (including phenoxy) is 2. The molecule has 4 heteroatoms. The SMILES string of the molecule is CCCCOc1cccc2c1-c1c(OCC(C)N3CCCCC3)cccc1C2=O. The molecule has 2 aliphatic rings. The molecule has 1 aliphatic carbocycles. The van der Waals surface area contributed by atoms with Gasteiger partial charge in [0.15, 0.2) is 5.78 Å². The molecule has 154 valence electrons. The fourth-order valence-electron chi connectivity index (χ4n) is 4.34. The second-order valence-electron chi connectivity index (χ2n) is 8.15. The van der Waals surface area contributed by atoms with E-state index in [2.05, 4.69) is 18.7 Å². The number of carbonyl (C=O) groups excluding carboxylic acids is 1. The summed E-state index contributed by atoms with van der Waals surface area (Å²) in [5.41, 5.74) is 3.22. The summed E-state index contributed by atoms with van der Waals surface area (Å²) in [6.45, 7) is 7.95. The van der Waals surface area contributed by atoms with Crippen molar-refractivity contribution in [1.82, 2.24) is 4.90 Å². The van der Waals surface area contributed by atoms with Gasteiger partial charge in [0, 0.05) is 28.3 Å². The summed E-state index contributed by atoms with van der Waals surface area (Å²) < 4.78 is 12.4. The van der Waals surface area contributed by atoms with E-state index in [9.17, 15) is 4.79 Å². The van der Waals surface area contributed by atoms with Crippen molar-refractivity contribution in [2.75, 3.05) is 26.3 Å². The van der Waals surface area contributed by atoms with Gasteiger partial charge in [-0.1, -0.05) is 44.0 Å². The maximum absolute atomic E-state index is 13.0. The van der Waals surface area contributed by atoms with Crippen LogP contribution in [0.3, 0.4) is 0 Å². The normalized spacial score (nSPS) is 17.0. The predicted molar refractivity (Wildman–Crippen MR) is 116 cm³/mol. The van der Waals surface area contributed by atoms with E-state index in [4.69, 9.17) is 9.47 Å². The number of rotatable bonds is 8. The molecular formula is C25H31NO3. The van der Waals surface area contributed by atoms with Crippen LogP contribution < -0.4 is 9.47 Å². The van der Waals surface area contributed by atoms with Crippen LogP contribution >= 0.6 is 0 Å². The summed E-state index contributed by atoms with van der Waals surface area (Å²) in [6.07, 6.45) is 5.94. The summed E-state index contributed by atoms with van der Waals surface area (Å²) in [5.74, 6) is 1.62. The van der Waals surface area contributed by atoms with Crippen LogP contribution in [-0.4, -0.2) is 43.0 Å². The minimum Gasteiger partial charge on any atom is -0.493 e. The lowest BCUT2D eigenvalue weighted by atomic mass is 10.0. The minimum atomic E-state index is 0.0606. The average Bonchev–Trinajstić information content (AvgIpc) is 3.06. The number of hydrogen-bond acceptors (Lipinski definition) is 4. The monoisotopic (exact) mass is 393 g/mol. The van der Waals surface area contributed by atoms with Gasteiger partial charge in [0.2, 0.25) is 0 Å². The molecule has 4 nitrogen and oxygen atoms in total. The Labute approximate surface area is 173 Å². The fourth-order valence-corrected chi connectivity index (χ4v) is 4.34. The molecular weight excluding hydrogens is 362 g/mol. The van der Waals surface area contributed by atoms with E-state index in [1.165, 1.54) is 19.3 Å². The summed E-state index contributed by atoms with van der Waals surface area (Å²) in [7, 11) is 0. The molecule has 2 aromatic carbocycles. The topological polar surface area (TPSA) is 38.8 Å². The van der Waals surface area contributed by atoms with Gasteiger partial charge < -0.3 is 9.47 Å². The number of nitrogens with zero attached hydrogens (tertiary/aromatic N) is 1. The van der Waals surface area contributed by atoms with Crippen molar-refractivity contribution in [2.45, 2.75) is 52.0 Å². The van der Waals surface area contributed by atoms with Gasteiger partial charge in [-0.05, 0) is 51.4 Å². The molecule has 1 unspecified atom stereocenters. The maximum Gasteiger partial charge on any atom is 0.194 e. The third-order valence-corrected chi connectivity index (χ3v) is 6.04. The Kier molecular flexibility index (Phi) is 6.19. The average molecular weight is 394 g/mol. The van der Waals surface area contributed by atoms with Gasteiger partial charge in [-0.3, -0.25) is 9.69 Å². The van der Waals surface area contributed by atoms with Crippen LogP contribution in [0.4, 0.5) is 0 Å². The van der Waals surface area contributed by atoms with Crippen LogP contribution in [0.5, 0.6) is 11.5 Å². The Bertz CT molecular complexity index is 870. The number of likely N-dealkylation sites (tertiary alicyclic amines) is 1. The van der Waals surface area contributed by atoms with Gasteiger partial charge in [-0.2, -0.15) is 0 Å². The molecule has 4 rings (SSSR count). The predicted octanol–water partition coefficient (Wildman–Crippen LogP) is 5.33. The molecule has 0 spiro atoms. The Hall–Kier alpha value is -2.33. The molecule has 2 aromatic rings. The van der Waals surface area contributed by atoms with E-state index >= 15 is 0 Å². The number of piperidine rings is 1. The van der Waals surface area contributed by atoms with E-state index in [0.717, 1.165) is 54.1 Å². The van der Waals surface area contributed by atoms with Crippen LogP contribution in [0.25, 0.3) is 11.1 Å². The molecule has 1 heterocycles. The molecule has 0 N–H and O–H groups in total. The molecule has 1 saturated heterocycles. The number of fused-ring (bicyclic) bond motifs is 3. The molecule has 1 aliphatic heterocycles. The van der Waals surface area contributed by atoms with Gasteiger partial charge in [0.1, 0.15) is 18.1 Å². The second kappa shape index (κ2) is 9.00. The van der Waals surface area contributed by atoms with Crippen LogP contribution in [0.1, 0.15) is 61.9 Å². The lowest BCUT2D eigenvalue weighted by molar-refractivity contribution is 0.104. The first kappa shape index (κ1) is 20.0. The molecule has 0 saturated carbocycles. The first-order valence-electron chi connectivity index (χ1n) is 11.0. The van der Waals surface area contributed by atoms with Crippen LogP contribution in [-0.2, 0) is 0 Å². The van der Waals surface area contributed by atoms with E-state index in [1.807, 2.05) is 36.4 Å². The van der Waals surface area contributed by atoms with Gasteiger partial charge in [-0.15, -0.1) is 0 Å². The Morgan fingerprint density at radius 2 is 1.55 bits per heavy atom. The minimum absolute atomic E-state index is 0.0606. The van der Waals surface area contributed by atoms with Gasteiger partial charge in [0.25, 0.3) is 0 Å². The first-order valence-corrected chi connectivity index (χ1v) is 11.0. The second-order valence-corrected chi connectivity index (χ2v) is 8.15. The zero-order valence-electron chi connectivity index (χ0n) is 17.6. The maximum atomic E-state index is 13.0. The Morgan fingerprint density at radius 3 is 2.17 bits per heavy atom. The van der Waals surface area contributed by atoms with E-state index in [1.54, 1.807) is 0 Å². The van der Waals surface area contributed by atoms with Crippen molar-refractivity contribution in [3.8, 4) is 22.6 Å². The molecule has 0 radical (unpaired) electrons. The summed E-state index contributed by atoms with van der Waals surface area (Å²) in [6, 6.07) is 11.9. The first-order chi connectivity index (χ1) is 14.2. The van der Waals surface area contributed by atoms with Crippen molar-refractivity contribution < 1.29 is 14.3 Å². The molecule has 1 atom stereocenters. The summed E-state index contributed by atoms with van der Waals surface area (Å²) in [5, 5.41) is 0. The number of benzene rings is 2. The Balaban J connectivity index is 1.60. The standard InChI is InChI=1S/C25H31NO3/c1-3-4-16-28-21-12-8-10-19-23(21)24-20(25(19)27)11-9-13-22(24)29-17-18(2)26-14-6-5-7-15-26/h8-13,18H,3-7,14-17H2,1-2H3. The zero-order valence-corrected chi connectivity index (χ0v) is 17.6. The van der Waals surface area contributed by atoms with E-state index in [0.29, 0.717) is 24.8 Å². The number of unbranched alkanes of at least 4 members (excludes halogenated alkanes) is 1. The quantitative estimate of drug-likeness (QED) is 0.485. The van der Waals surface area contributed by atoms with Gasteiger partial charge in [-0.25, -0.2) is 0 Å². The third-order valence-electron chi connectivity index (χ3n) is 6.04. The summed E-state index contributed by atoms with van der Waals surface area (Å²) in [4.78, 5) is 15.5. The van der Waals surface area contributed by atoms with Gasteiger partial charge in [0.05, 0.1) is 6.61 Å². The van der Waals surface area contributed by atoms with Gasteiger partial charge >= 0.3 is 0 Å². The van der Waals surface area contributed by atoms with Crippen molar-refractivity contribution in [2.24, 2.45) is 0 Å². The number of hydrogen-bond donors (Lipinski definition) is 0. The van der Waals surface area contributed by atoms with E-state index in [-0.39, 0.29) is 5.78 Å². The number of ketones is 1.